The number of benzene rings is 1. The van der Waals surface area contributed by atoms with E-state index in [-0.39, 0.29) is 15.0 Å². The zero-order valence-electron chi connectivity index (χ0n) is 11.6. The third-order valence-electron chi connectivity index (χ3n) is 2.77. The van der Waals surface area contributed by atoms with Gasteiger partial charge in [-0.15, -0.1) is 0 Å². The van der Waals surface area contributed by atoms with Crippen molar-refractivity contribution in [1.82, 2.24) is 4.90 Å². The molecule has 2 N–H and O–H groups in total. The van der Waals surface area contributed by atoms with Crippen molar-refractivity contribution in [3.05, 3.63) is 28.7 Å². The molecule has 6 nitrogen and oxygen atoms in total. The zero-order chi connectivity index (χ0) is 16.3. The summed E-state index contributed by atoms with van der Waals surface area (Å²) in [5.41, 5.74) is 0.430. The lowest BCUT2D eigenvalue weighted by atomic mass is 10.1. The number of carbonyl (C=O) groups is 2. The Morgan fingerprint density at radius 2 is 2.23 bits per heavy atom. The first-order valence-corrected chi connectivity index (χ1v) is 7.57. The summed E-state index contributed by atoms with van der Waals surface area (Å²) in [4.78, 5) is 24.1. The average molecular weight is 339 g/mol. The van der Waals surface area contributed by atoms with Crippen LogP contribution in [0, 0.1) is 0 Å². The summed E-state index contributed by atoms with van der Waals surface area (Å²) in [5, 5.41) is 18.7. The maximum absolute atomic E-state index is 12.1. The number of carboxylic acid groups (broad SMARTS) is 1. The van der Waals surface area contributed by atoms with Crippen molar-refractivity contribution in [3.8, 4) is 11.5 Å². The van der Waals surface area contributed by atoms with E-state index >= 15 is 0 Å². The molecule has 1 aliphatic heterocycles. The van der Waals surface area contributed by atoms with Crippen LogP contribution in [0.5, 0.6) is 11.5 Å². The van der Waals surface area contributed by atoms with Gasteiger partial charge in [0.15, 0.2) is 0 Å². The highest BCUT2D eigenvalue weighted by Crippen LogP contribution is 2.34. The Kier molecular flexibility index (Phi) is 5.04. The summed E-state index contributed by atoms with van der Waals surface area (Å²) >= 11 is 6.00. The second kappa shape index (κ2) is 6.80. The average Bonchev–Trinajstić information content (AvgIpc) is 2.69. The first-order chi connectivity index (χ1) is 10.4. The second-order valence-electron chi connectivity index (χ2n) is 4.32. The highest BCUT2D eigenvalue weighted by Gasteiger charge is 2.33. The normalized spacial score (nSPS) is 16.4. The van der Waals surface area contributed by atoms with Gasteiger partial charge in [0, 0.05) is 11.6 Å². The number of phenolic OH excluding ortho intramolecular Hbond substituents is 1. The molecule has 8 heteroatoms. The molecule has 0 spiro atoms. The van der Waals surface area contributed by atoms with Gasteiger partial charge in [-0.2, -0.15) is 0 Å². The fourth-order valence-electron chi connectivity index (χ4n) is 1.81. The zero-order valence-corrected chi connectivity index (χ0v) is 13.2. The van der Waals surface area contributed by atoms with Crippen LogP contribution in [0.4, 0.5) is 0 Å². The fourth-order valence-corrected chi connectivity index (χ4v) is 3.06. The molecular weight excluding hydrogens is 326 g/mol. The fraction of sp³-hybridized carbons (Fsp3) is 0.214. The van der Waals surface area contributed by atoms with Crippen molar-refractivity contribution in [1.29, 1.82) is 0 Å². The van der Waals surface area contributed by atoms with E-state index in [1.807, 2.05) is 6.92 Å². The lowest BCUT2D eigenvalue weighted by Crippen LogP contribution is -2.33. The van der Waals surface area contributed by atoms with Crippen LogP contribution in [0.15, 0.2) is 23.1 Å². The molecule has 0 aliphatic carbocycles. The number of hydrogen-bond acceptors (Lipinski definition) is 6. The van der Waals surface area contributed by atoms with Gasteiger partial charge in [-0.05, 0) is 25.1 Å². The third kappa shape index (κ3) is 3.58. The minimum Gasteiger partial charge on any atom is -0.507 e. The lowest BCUT2D eigenvalue weighted by Gasteiger charge is -2.10. The van der Waals surface area contributed by atoms with Crippen LogP contribution in [0.25, 0.3) is 6.08 Å². The number of aromatic hydroxyl groups is 1. The third-order valence-corrected chi connectivity index (χ3v) is 4.14. The van der Waals surface area contributed by atoms with E-state index in [4.69, 9.17) is 22.1 Å². The van der Waals surface area contributed by atoms with Crippen LogP contribution >= 0.6 is 24.0 Å². The van der Waals surface area contributed by atoms with Crippen molar-refractivity contribution < 1.29 is 24.5 Å². The number of carbonyl (C=O) groups excluding carboxylic acids is 1. The number of amides is 1. The number of carboxylic acids is 1. The number of nitrogens with zero attached hydrogens (tertiary/aromatic N) is 1. The molecule has 1 fully saturated rings. The van der Waals surface area contributed by atoms with Gasteiger partial charge in [-0.1, -0.05) is 24.0 Å². The topological polar surface area (TPSA) is 87.1 Å². The van der Waals surface area contributed by atoms with Crippen molar-refractivity contribution in [2.75, 3.05) is 13.2 Å². The summed E-state index contributed by atoms with van der Waals surface area (Å²) in [6, 6.07) is 4.74. The number of thioether (sulfide) groups is 1. The van der Waals surface area contributed by atoms with Gasteiger partial charge in [0.05, 0.1) is 11.5 Å². The Morgan fingerprint density at radius 3 is 2.82 bits per heavy atom. The highest BCUT2D eigenvalue weighted by molar-refractivity contribution is 8.26. The van der Waals surface area contributed by atoms with Gasteiger partial charge in [0.2, 0.25) is 0 Å². The van der Waals surface area contributed by atoms with Crippen LogP contribution in [0.3, 0.4) is 0 Å². The largest absolute Gasteiger partial charge is 0.507 e. The van der Waals surface area contributed by atoms with Gasteiger partial charge >= 0.3 is 5.97 Å². The number of hydrogen-bond donors (Lipinski definition) is 2. The summed E-state index contributed by atoms with van der Waals surface area (Å²) < 4.78 is 5.45. The van der Waals surface area contributed by atoms with Gasteiger partial charge < -0.3 is 14.9 Å². The molecule has 1 aromatic carbocycles. The summed E-state index contributed by atoms with van der Waals surface area (Å²) in [6.07, 6.45) is 1.48. The minimum absolute atomic E-state index is 0.0329. The molecule has 2 rings (SSSR count). The number of phenols is 1. The molecule has 0 unspecified atom stereocenters. The Bertz CT molecular complexity index is 671. The predicted octanol–water partition coefficient (Wildman–Crippen LogP) is 2.08. The van der Waals surface area contributed by atoms with Crippen molar-refractivity contribution in [3.63, 3.8) is 0 Å². The van der Waals surface area contributed by atoms with E-state index in [0.717, 1.165) is 16.7 Å². The molecule has 116 valence electrons. The number of rotatable bonds is 5. The standard InChI is InChI=1S/C14H13NO5S2/c1-2-20-9-4-3-8(10(16)6-9)5-11-13(19)15(7-12(17)18)14(21)22-11/h3-6,16H,2,7H2,1H3,(H,17,18)/b11-5+. The smallest absolute Gasteiger partial charge is 0.323 e. The van der Waals surface area contributed by atoms with E-state index in [1.54, 1.807) is 12.1 Å². The van der Waals surface area contributed by atoms with Crippen LogP contribution in [0.1, 0.15) is 12.5 Å². The molecule has 1 aromatic rings. The number of thiocarbonyl (C=S) groups is 1. The molecule has 22 heavy (non-hydrogen) atoms. The molecule has 0 bridgehead atoms. The monoisotopic (exact) mass is 339 g/mol. The molecular formula is C14H13NO5S2. The van der Waals surface area contributed by atoms with E-state index in [0.29, 0.717) is 17.9 Å². The first kappa shape index (κ1) is 16.3. The summed E-state index contributed by atoms with van der Waals surface area (Å²) in [6.45, 7) is 1.84. The molecule has 1 saturated heterocycles. The Hall–Kier alpha value is -2.06. The first-order valence-electron chi connectivity index (χ1n) is 6.35. The molecule has 1 amide bonds. The van der Waals surface area contributed by atoms with Crippen molar-refractivity contribution >= 4 is 46.3 Å². The van der Waals surface area contributed by atoms with Crippen LogP contribution < -0.4 is 4.74 Å². The van der Waals surface area contributed by atoms with E-state index in [1.165, 1.54) is 12.1 Å². The van der Waals surface area contributed by atoms with Gasteiger partial charge in [0.1, 0.15) is 22.4 Å². The van der Waals surface area contributed by atoms with Crippen molar-refractivity contribution in [2.24, 2.45) is 0 Å². The highest BCUT2D eigenvalue weighted by atomic mass is 32.2. The molecule has 0 atom stereocenters. The van der Waals surface area contributed by atoms with E-state index in [2.05, 4.69) is 0 Å². The van der Waals surface area contributed by atoms with Gasteiger partial charge in [-0.3, -0.25) is 14.5 Å². The number of ether oxygens (including phenoxy) is 1. The summed E-state index contributed by atoms with van der Waals surface area (Å²) in [7, 11) is 0. The molecule has 1 heterocycles. The predicted molar refractivity (Wildman–Crippen MR) is 86.8 cm³/mol. The molecule has 0 saturated carbocycles. The van der Waals surface area contributed by atoms with E-state index in [9.17, 15) is 14.7 Å². The lowest BCUT2D eigenvalue weighted by molar-refractivity contribution is -0.140. The van der Waals surface area contributed by atoms with Crippen LogP contribution in [-0.4, -0.2) is 44.5 Å². The Morgan fingerprint density at radius 1 is 1.50 bits per heavy atom. The Balaban J connectivity index is 2.25. The SMILES string of the molecule is CCOc1ccc(/C=C2/SC(=S)N(CC(=O)O)C2=O)c(O)c1. The molecule has 1 aliphatic rings. The van der Waals surface area contributed by atoms with Gasteiger partial charge in [0.25, 0.3) is 5.91 Å². The second-order valence-corrected chi connectivity index (χ2v) is 5.99. The number of aliphatic carboxylic acids is 1. The molecule has 0 radical (unpaired) electrons. The van der Waals surface area contributed by atoms with E-state index < -0.39 is 18.4 Å². The van der Waals surface area contributed by atoms with Crippen molar-refractivity contribution in [2.45, 2.75) is 6.92 Å². The quantitative estimate of drug-likeness (QED) is 0.627. The summed E-state index contributed by atoms with van der Waals surface area (Å²) in [5.74, 6) is -1.13. The maximum Gasteiger partial charge on any atom is 0.323 e. The van der Waals surface area contributed by atoms with Crippen LogP contribution in [0.2, 0.25) is 0 Å². The minimum atomic E-state index is -1.14. The Labute approximate surface area is 136 Å². The van der Waals surface area contributed by atoms with Crippen LogP contribution in [-0.2, 0) is 9.59 Å². The molecule has 0 aromatic heterocycles. The maximum atomic E-state index is 12.1. The van der Waals surface area contributed by atoms with Gasteiger partial charge in [-0.25, -0.2) is 0 Å².